The average molecular weight is 338 g/mol. The number of carbonyl (C=O) groups is 1. The molecule has 24 heavy (non-hydrogen) atoms. The molecule has 0 fully saturated rings. The first-order valence-corrected chi connectivity index (χ1v) is 8.55. The molecule has 1 aromatic heterocycles. The summed E-state index contributed by atoms with van der Waals surface area (Å²) in [5, 5.41) is 3.42. The number of nitrogens with one attached hydrogen (secondary N) is 1. The molecule has 3 rings (SSSR count). The van der Waals surface area contributed by atoms with E-state index in [1.807, 2.05) is 50.2 Å². The molecule has 0 unspecified atom stereocenters. The zero-order chi connectivity index (χ0) is 16.9. The second kappa shape index (κ2) is 7.27. The number of ether oxygens (including phenoxy) is 1. The Morgan fingerprint density at radius 2 is 2.17 bits per heavy atom. The maximum absolute atomic E-state index is 12.1. The summed E-state index contributed by atoms with van der Waals surface area (Å²) in [6.07, 6.45) is 3.26. The van der Waals surface area contributed by atoms with Crippen molar-refractivity contribution in [2.45, 2.75) is 13.8 Å². The smallest absolute Gasteiger partial charge is 0.250 e. The number of aromatic nitrogens is 1. The van der Waals surface area contributed by atoms with E-state index in [2.05, 4.69) is 16.4 Å². The van der Waals surface area contributed by atoms with E-state index in [1.54, 1.807) is 6.08 Å². The summed E-state index contributed by atoms with van der Waals surface area (Å²) in [5.41, 5.74) is 2.99. The molecule has 0 aliphatic heterocycles. The number of nitrogens with zero attached hydrogens (tertiary/aromatic N) is 1. The molecule has 5 heteroatoms. The van der Waals surface area contributed by atoms with E-state index in [0.29, 0.717) is 11.7 Å². The van der Waals surface area contributed by atoms with Crippen molar-refractivity contribution in [2.24, 2.45) is 0 Å². The third-order valence-electron chi connectivity index (χ3n) is 3.37. The Balaban J connectivity index is 1.68. The second-order valence-electron chi connectivity index (χ2n) is 5.32. The number of hydrogen-bond acceptors (Lipinski definition) is 4. The molecule has 0 spiro atoms. The van der Waals surface area contributed by atoms with Gasteiger partial charge in [-0.25, -0.2) is 4.98 Å². The van der Waals surface area contributed by atoms with Gasteiger partial charge < -0.3 is 4.74 Å². The van der Waals surface area contributed by atoms with E-state index in [9.17, 15) is 4.79 Å². The van der Waals surface area contributed by atoms with Crippen molar-refractivity contribution in [2.75, 3.05) is 11.9 Å². The van der Waals surface area contributed by atoms with E-state index < -0.39 is 0 Å². The highest BCUT2D eigenvalue weighted by Crippen LogP contribution is 2.26. The molecular weight excluding hydrogens is 320 g/mol. The summed E-state index contributed by atoms with van der Waals surface area (Å²) >= 11 is 1.47. The van der Waals surface area contributed by atoms with Gasteiger partial charge in [0.25, 0.3) is 0 Å². The largest absolute Gasteiger partial charge is 0.494 e. The van der Waals surface area contributed by atoms with Crippen LogP contribution in [0.25, 0.3) is 16.3 Å². The van der Waals surface area contributed by atoms with Crippen LogP contribution in [0.15, 0.2) is 48.5 Å². The van der Waals surface area contributed by atoms with Crippen molar-refractivity contribution in [3.05, 3.63) is 59.7 Å². The topological polar surface area (TPSA) is 51.2 Å². The maximum Gasteiger partial charge on any atom is 0.250 e. The molecule has 4 nitrogen and oxygen atoms in total. The molecule has 0 saturated heterocycles. The van der Waals surface area contributed by atoms with Gasteiger partial charge in [-0.15, -0.1) is 0 Å². The first-order chi connectivity index (χ1) is 11.6. The van der Waals surface area contributed by atoms with Gasteiger partial charge in [-0.05, 0) is 55.3 Å². The van der Waals surface area contributed by atoms with Crippen molar-refractivity contribution in [1.29, 1.82) is 0 Å². The Morgan fingerprint density at radius 1 is 1.29 bits per heavy atom. The van der Waals surface area contributed by atoms with Crippen LogP contribution >= 0.6 is 11.3 Å². The molecule has 0 aliphatic carbocycles. The Kier molecular flexibility index (Phi) is 4.91. The summed E-state index contributed by atoms with van der Waals surface area (Å²) in [4.78, 5) is 16.5. The molecule has 0 bridgehead atoms. The Labute approximate surface area is 144 Å². The van der Waals surface area contributed by atoms with Crippen molar-refractivity contribution < 1.29 is 9.53 Å². The molecule has 0 radical (unpaired) electrons. The molecule has 0 atom stereocenters. The quantitative estimate of drug-likeness (QED) is 0.689. The minimum absolute atomic E-state index is 0.201. The zero-order valence-corrected chi connectivity index (χ0v) is 14.4. The fourth-order valence-electron chi connectivity index (χ4n) is 2.28. The van der Waals surface area contributed by atoms with Gasteiger partial charge >= 0.3 is 0 Å². The number of benzene rings is 2. The van der Waals surface area contributed by atoms with Gasteiger partial charge in [-0.2, -0.15) is 0 Å². The average Bonchev–Trinajstić information content (AvgIpc) is 2.95. The third kappa shape index (κ3) is 4.00. The molecule has 3 aromatic rings. The minimum atomic E-state index is -0.201. The molecule has 0 saturated carbocycles. The monoisotopic (exact) mass is 338 g/mol. The van der Waals surface area contributed by atoms with E-state index in [0.717, 1.165) is 21.5 Å². The Bertz CT molecular complexity index is 899. The molecule has 1 heterocycles. The Morgan fingerprint density at radius 3 is 3.00 bits per heavy atom. The zero-order valence-electron chi connectivity index (χ0n) is 13.6. The number of carbonyl (C=O) groups excluding carboxylic acids is 1. The maximum atomic E-state index is 12.1. The Hall–Kier alpha value is -2.66. The summed E-state index contributed by atoms with van der Waals surface area (Å²) in [6.45, 7) is 4.59. The van der Waals surface area contributed by atoms with E-state index in [4.69, 9.17) is 4.74 Å². The fourth-order valence-corrected chi connectivity index (χ4v) is 3.25. The number of anilines is 1. The lowest BCUT2D eigenvalue weighted by Gasteiger charge is -2.03. The summed E-state index contributed by atoms with van der Waals surface area (Å²) < 4.78 is 6.52. The van der Waals surface area contributed by atoms with Gasteiger partial charge in [0.05, 0.1) is 16.8 Å². The number of rotatable bonds is 5. The molecule has 1 amide bonds. The normalized spacial score (nSPS) is 11.1. The summed E-state index contributed by atoms with van der Waals surface area (Å²) in [6, 6.07) is 13.7. The summed E-state index contributed by atoms with van der Waals surface area (Å²) in [7, 11) is 0. The van der Waals surface area contributed by atoms with Crippen LogP contribution in [0.3, 0.4) is 0 Å². The number of fused-ring (bicyclic) bond motifs is 1. The molecule has 122 valence electrons. The van der Waals surface area contributed by atoms with Gasteiger partial charge in [0, 0.05) is 6.08 Å². The molecule has 0 aliphatic rings. The SMILES string of the molecule is CCOc1cccc(/C=C/C(=O)Nc2nc3ccc(C)cc3s2)c1. The van der Waals surface area contributed by atoms with Crippen LogP contribution in [0.5, 0.6) is 5.75 Å². The number of hydrogen-bond donors (Lipinski definition) is 1. The first-order valence-electron chi connectivity index (χ1n) is 7.73. The van der Waals surface area contributed by atoms with E-state index >= 15 is 0 Å². The highest BCUT2D eigenvalue weighted by molar-refractivity contribution is 7.22. The minimum Gasteiger partial charge on any atom is -0.494 e. The number of amides is 1. The van der Waals surface area contributed by atoms with Crippen molar-refractivity contribution in [3.8, 4) is 5.75 Å². The number of aryl methyl sites for hydroxylation is 1. The highest BCUT2D eigenvalue weighted by Gasteiger charge is 2.06. The van der Waals surface area contributed by atoms with Gasteiger partial charge in [0.15, 0.2) is 5.13 Å². The van der Waals surface area contributed by atoms with Gasteiger partial charge in [-0.1, -0.05) is 29.5 Å². The first kappa shape index (κ1) is 16.2. The fraction of sp³-hybridized carbons (Fsp3) is 0.158. The van der Waals surface area contributed by atoms with Crippen LogP contribution in [0, 0.1) is 6.92 Å². The van der Waals surface area contributed by atoms with Crippen LogP contribution in [0.2, 0.25) is 0 Å². The lowest BCUT2D eigenvalue weighted by Crippen LogP contribution is -2.07. The van der Waals surface area contributed by atoms with Crippen LogP contribution in [0.1, 0.15) is 18.1 Å². The van der Waals surface area contributed by atoms with Crippen molar-refractivity contribution in [1.82, 2.24) is 4.98 Å². The second-order valence-corrected chi connectivity index (χ2v) is 6.35. The lowest BCUT2D eigenvalue weighted by molar-refractivity contribution is -0.111. The van der Waals surface area contributed by atoms with Gasteiger partial charge in [0.2, 0.25) is 5.91 Å². The van der Waals surface area contributed by atoms with Crippen LogP contribution in [0.4, 0.5) is 5.13 Å². The van der Waals surface area contributed by atoms with Crippen molar-refractivity contribution in [3.63, 3.8) is 0 Å². The van der Waals surface area contributed by atoms with Gasteiger partial charge in [-0.3, -0.25) is 10.1 Å². The van der Waals surface area contributed by atoms with Gasteiger partial charge in [0.1, 0.15) is 5.75 Å². The van der Waals surface area contributed by atoms with E-state index in [-0.39, 0.29) is 5.91 Å². The predicted octanol–water partition coefficient (Wildman–Crippen LogP) is 4.66. The van der Waals surface area contributed by atoms with Crippen LogP contribution in [-0.2, 0) is 4.79 Å². The highest BCUT2D eigenvalue weighted by atomic mass is 32.1. The van der Waals surface area contributed by atoms with Crippen LogP contribution < -0.4 is 10.1 Å². The lowest BCUT2D eigenvalue weighted by atomic mass is 10.2. The molecule has 2 aromatic carbocycles. The predicted molar refractivity (Wildman–Crippen MR) is 99.6 cm³/mol. The third-order valence-corrected chi connectivity index (χ3v) is 4.30. The van der Waals surface area contributed by atoms with Crippen molar-refractivity contribution >= 4 is 38.7 Å². The molecular formula is C19H18N2O2S. The van der Waals surface area contributed by atoms with E-state index in [1.165, 1.54) is 23.0 Å². The molecule has 1 N–H and O–H groups in total. The standard InChI is InChI=1S/C19H18N2O2S/c1-3-23-15-6-4-5-14(12-15)8-10-18(22)21-19-20-16-9-7-13(2)11-17(16)24-19/h4-12H,3H2,1-2H3,(H,20,21,22)/b10-8+. The summed E-state index contributed by atoms with van der Waals surface area (Å²) in [5.74, 6) is 0.592. The van der Waals surface area contributed by atoms with Crippen LogP contribution in [-0.4, -0.2) is 17.5 Å². The number of thiazole rings is 1.